The van der Waals surface area contributed by atoms with Gasteiger partial charge in [0.25, 0.3) is 0 Å². The molecular formula is C14H23NOS. The van der Waals surface area contributed by atoms with E-state index in [0.717, 1.165) is 5.56 Å². The first-order chi connectivity index (χ1) is 8.13. The van der Waals surface area contributed by atoms with Crippen LogP contribution in [0.3, 0.4) is 0 Å². The summed E-state index contributed by atoms with van der Waals surface area (Å²) in [6, 6.07) is 8.25. The van der Waals surface area contributed by atoms with Gasteiger partial charge < -0.3 is 10.4 Å². The van der Waals surface area contributed by atoms with Gasteiger partial charge in [0.2, 0.25) is 0 Å². The second-order valence-corrected chi connectivity index (χ2v) is 5.76. The molecule has 2 atom stereocenters. The number of thioether (sulfide) groups is 1. The Morgan fingerprint density at radius 1 is 1.35 bits per heavy atom. The lowest BCUT2D eigenvalue weighted by Gasteiger charge is -2.20. The molecule has 2 unspecified atom stereocenters. The molecule has 3 heteroatoms. The van der Waals surface area contributed by atoms with Crippen LogP contribution >= 0.6 is 11.8 Å². The summed E-state index contributed by atoms with van der Waals surface area (Å²) in [6.07, 6.45) is 1.18. The van der Waals surface area contributed by atoms with Crippen molar-refractivity contribution in [1.82, 2.24) is 5.32 Å². The number of benzene rings is 1. The predicted octanol–water partition coefficient (Wildman–Crippen LogP) is 3.57. The summed E-state index contributed by atoms with van der Waals surface area (Å²) in [4.78, 5) is 0. The van der Waals surface area contributed by atoms with Gasteiger partial charge in [-0.25, -0.2) is 0 Å². The average molecular weight is 253 g/mol. The van der Waals surface area contributed by atoms with Crippen molar-refractivity contribution in [1.29, 1.82) is 0 Å². The monoisotopic (exact) mass is 253 g/mol. The molecule has 0 heterocycles. The van der Waals surface area contributed by atoms with Crippen molar-refractivity contribution in [3.63, 3.8) is 0 Å². The summed E-state index contributed by atoms with van der Waals surface area (Å²) in [5.41, 5.74) is 1.14. The molecule has 0 bridgehead atoms. The van der Waals surface area contributed by atoms with Crippen LogP contribution in [0.4, 0.5) is 0 Å². The Morgan fingerprint density at radius 3 is 2.76 bits per heavy atom. The van der Waals surface area contributed by atoms with Crippen molar-refractivity contribution in [3.8, 4) is 5.75 Å². The first-order valence-corrected chi connectivity index (χ1v) is 7.41. The van der Waals surface area contributed by atoms with Crippen LogP contribution in [0.1, 0.15) is 38.8 Å². The van der Waals surface area contributed by atoms with E-state index in [1.54, 1.807) is 6.07 Å². The van der Waals surface area contributed by atoms with Gasteiger partial charge in [-0.3, -0.25) is 0 Å². The molecule has 0 radical (unpaired) electrons. The van der Waals surface area contributed by atoms with Gasteiger partial charge in [0, 0.05) is 12.1 Å². The van der Waals surface area contributed by atoms with Crippen molar-refractivity contribution in [2.24, 2.45) is 0 Å². The summed E-state index contributed by atoms with van der Waals surface area (Å²) < 4.78 is 0. The van der Waals surface area contributed by atoms with Crippen LogP contribution in [-0.2, 0) is 0 Å². The Bertz CT molecular complexity index is 330. The van der Waals surface area contributed by atoms with Crippen LogP contribution in [0.25, 0.3) is 0 Å². The van der Waals surface area contributed by atoms with Gasteiger partial charge in [0.1, 0.15) is 5.75 Å². The molecule has 0 saturated heterocycles. The van der Waals surface area contributed by atoms with E-state index in [4.69, 9.17) is 0 Å². The van der Waals surface area contributed by atoms with Crippen molar-refractivity contribution < 1.29 is 5.11 Å². The number of nitrogens with one attached hydrogen (secondary N) is 1. The lowest BCUT2D eigenvalue weighted by atomic mass is 10.1. The Kier molecular flexibility index (Phi) is 6.45. The van der Waals surface area contributed by atoms with Crippen LogP contribution in [0, 0.1) is 0 Å². The quantitative estimate of drug-likeness (QED) is 0.729. The summed E-state index contributed by atoms with van der Waals surface area (Å²) >= 11 is 1.98. The summed E-state index contributed by atoms with van der Waals surface area (Å²) in [7, 11) is 0. The van der Waals surface area contributed by atoms with Gasteiger partial charge in [-0.15, -0.1) is 0 Å². The molecule has 0 fully saturated rings. The first kappa shape index (κ1) is 14.4. The van der Waals surface area contributed by atoms with Crippen molar-refractivity contribution in [2.75, 3.05) is 11.5 Å². The molecule has 2 N–H and O–H groups in total. The SMILES string of the molecule is CCSCCC(C)NC(C)c1cccc(O)c1. The van der Waals surface area contributed by atoms with Crippen LogP contribution < -0.4 is 5.32 Å². The molecule has 96 valence electrons. The number of phenolic OH excluding ortho intramolecular Hbond substituents is 1. The Balaban J connectivity index is 2.40. The highest BCUT2D eigenvalue weighted by Crippen LogP contribution is 2.18. The topological polar surface area (TPSA) is 32.3 Å². The van der Waals surface area contributed by atoms with E-state index in [0.29, 0.717) is 11.8 Å². The van der Waals surface area contributed by atoms with E-state index in [1.807, 2.05) is 30.0 Å². The molecule has 0 aliphatic carbocycles. The van der Waals surface area contributed by atoms with E-state index in [2.05, 4.69) is 26.1 Å². The Hall–Kier alpha value is -0.670. The highest BCUT2D eigenvalue weighted by molar-refractivity contribution is 7.99. The maximum Gasteiger partial charge on any atom is 0.115 e. The third-order valence-electron chi connectivity index (χ3n) is 2.80. The number of hydrogen-bond acceptors (Lipinski definition) is 3. The lowest BCUT2D eigenvalue weighted by molar-refractivity contribution is 0.459. The zero-order valence-corrected chi connectivity index (χ0v) is 11.8. The molecule has 0 amide bonds. The normalized spacial score (nSPS) is 14.5. The average Bonchev–Trinajstić information content (AvgIpc) is 2.29. The molecule has 0 aliphatic heterocycles. The fourth-order valence-electron chi connectivity index (χ4n) is 1.80. The number of aromatic hydroxyl groups is 1. The molecule has 1 rings (SSSR count). The summed E-state index contributed by atoms with van der Waals surface area (Å²) in [5.74, 6) is 2.73. The smallest absolute Gasteiger partial charge is 0.115 e. The number of hydrogen-bond donors (Lipinski definition) is 2. The third-order valence-corrected chi connectivity index (χ3v) is 3.74. The third kappa shape index (κ3) is 5.46. The lowest BCUT2D eigenvalue weighted by Crippen LogP contribution is -2.29. The molecule has 1 aromatic carbocycles. The molecular weight excluding hydrogens is 230 g/mol. The van der Waals surface area contributed by atoms with Crippen molar-refractivity contribution in [3.05, 3.63) is 29.8 Å². The van der Waals surface area contributed by atoms with E-state index in [1.165, 1.54) is 17.9 Å². The largest absolute Gasteiger partial charge is 0.508 e. The highest BCUT2D eigenvalue weighted by atomic mass is 32.2. The minimum atomic E-state index is 0.281. The van der Waals surface area contributed by atoms with Crippen LogP contribution in [0.5, 0.6) is 5.75 Å². The fraction of sp³-hybridized carbons (Fsp3) is 0.571. The van der Waals surface area contributed by atoms with E-state index >= 15 is 0 Å². The molecule has 0 aromatic heterocycles. The fourth-order valence-corrected chi connectivity index (χ4v) is 2.61. The van der Waals surface area contributed by atoms with Gasteiger partial charge in [-0.1, -0.05) is 19.1 Å². The van der Waals surface area contributed by atoms with Gasteiger partial charge in [-0.2, -0.15) is 11.8 Å². The van der Waals surface area contributed by atoms with E-state index in [9.17, 15) is 5.11 Å². The molecule has 0 saturated carbocycles. The standard InChI is InChI=1S/C14H23NOS/c1-4-17-9-8-11(2)15-12(3)13-6-5-7-14(16)10-13/h5-7,10-12,15-16H,4,8-9H2,1-3H3. The minimum Gasteiger partial charge on any atom is -0.508 e. The van der Waals surface area contributed by atoms with Crippen molar-refractivity contribution in [2.45, 2.75) is 39.3 Å². The summed E-state index contributed by atoms with van der Waals surface area (Å²) in [5, 5.41) is 13.0. The van der Waals surface area contributed by atoms with Gasteiger partial charge >= 0.3 is 0 Å². The predicted molar refractivity (Wildman–Crippen MR) is 76.7 cm³/mol. The van der Waals surface area contributed by atoms with Crippen LogP contribution in [-0.4, -0.2) is 22.7 Å². The zero-order valence-electron chi connectivity index (χ0n) is 10.9. The Morgan fingerprint density at radius 2 is 2.12 bits per heavy atom. The summed E-state index contributed by atoms with van der Waals surface area (Å²) in [6.45, 7) is 6.55. The first-order valence-electron chi connectivity index (χ1n) is 6.26. The van der Waals surface area contributed by atoms with E-state index in [-0.39, 0.29) is 6.04 Å². The Labute approximate surface area is 109 Å². The molecule has 0 spiro atoms. The number of phenols is 1. The van der Waals surface area contributed by atoms with Gasteiger partial charge in [-0.05, 0) is 49.5 Å². The van der Waals surface area contributed by atoms with Crippen molar-refractivity contribution >= 4 is 11.8 Å². The maximum absolute atomic E-state index is 9.44. The molecule has 1 aromatic rings. The molecule has 17 heavy (non-hydrogen) atoms. The van der Waals surface area contributed by atoms with Crippen LogP contribution in [0.2, 0.25) is 0 Å². The van der Waals surface area contributed by atoms with Crippen LogP contribution in [0.15, 0.2) is 24.3 Å². The van der Waals surface area contributed by atoms with E-state index < -0.39 is 0 Å². The second-order valence-electron chi connectivity index (χ2n) is 4.37. The minimum absolute atomic E-state index is 0.281. The zero-order chi connectivity index (χ0) is 12.7. The van der Waals surface area contributed by atoms with Gasteiger partial charge in [0.15, 0.2) is 0 Å². The highest BCUT2D eigenvalue weighted by Gasteiger charge is 2.09. The number of rotatable bonds is 7. The second kappa shape index (κ2) is 7.62. The van der Waals surface area contributed by atoms with Gasteiger partial charge in [0.05, 0.1) is 0 Å². The molecule has 0 aliphatic rings. The molecule has 2 nitrogen and oxygen atoms in total. The maximum atomic E-state index is 9.44.